The topological polar surface area (TPSA) is 12.9 Å². The maximum Gasteiger partial charge on any atom is -1.00 e. The van der Waals surface area contributed by atoms with E-state index in [1.807, 2.05) is 12.3 Å². The summed E-state index contributed by atoms with van der Waals surface area (Å²) in [5.74, 6) is 0.305. The quantitative estimate of drug-likeness (QED) is 0.446. The fourth-order valence-electron chi connectivity index (χ4n) is 4.06. The number of benzene rings is 2. The van der Waals surface area contributed by atoms with Gasteiger partial charge in [-0.3, -0.25) is 0 Å². The van der Waals surface area contributed by atoms with Crippen molar-refractivity contribution in [3.05, 3.63) is 98.5 Å². The van der Waals surface area contributed by atoms with Crippen LogP contribution in [0.4, 0.5) is 0 Å². The first-order valence-electron chi connectivity index (χ1n) is 8.98. The molecule has 1 heterocycles. The van der Waals surface area contributed by atoms with Crippen molar-refractivity contribution < 1.29 is 49.5 Å². The van der Waals surface area contributed by atoms with Crippen LogP contribution in [0, 0.1) is 5.92 Å². The number of hydrogen-bond donors (Lipinski definition) is 0. The Morgan fingerprint density at radius 2 is 1.62 bits per heavy atom. The summed E-state index contributed by atoms with van der Waals surface area (Å²) in [7, 11) is 0. The Bertz CT molecular complexity index is 1210. The van der Waals surface area contributed by atoms with Gasteiger partial charge in [0.05, 0.1) is 0 Å². The summed E-state index contributed by atoms with van der Waals surface area (Å²) in [6, 6.07) is 21.2. The van der Waals surface area contributed by atoms with Crippen molar-refractivity contribution in [2.75, 3.05) is 0 Å². The van der Waals surface area contributed by atoms with E-state index in [2.05, 4.69) is 72.6 Å². The number of fused-ring (bicyclic) bond motifs is 2. The van der Waals surface area contributed by atoms with Gasteiger partial charge in [-0.25, -0.2) is 0 Å². The molecule has 2 aliphatic carbocycles. The maximum atomic E-state index is 5.88. The summed E-state index contributed by atoms with van der Waals surface area (Å²) in [4.78, 5) is 5.71. The monoisotopic (exact) mass is 510 g/mol. The van der Waals surface area contributed by atoms with Gasteiger partial charge in [0.15, 0.2) is 0 Å². The van der Waals surface area contributed by atoms with E-state index in [0.717, 1.165) is 21.3 Å². The summed E-state index contributed by atoms with van der Waals surface area (Å²) >= 11 is 7.32. The zero-order chi connectivity index (χ0) is 18.5. The number of aromatic nitrogens is 1. The third-order valence-corrected chi connectivity index (χ3v) is 7.63. The third-order valence-electron chi connectivity index (χ3n) is 5.48. The van der Waals surface area contributed by atoms with Crippen LogP contribution in [-0.4, -0.2) is 9.85 Å². The average molecular weight is 513 g/mol. The van der Waals surface area contributed by atoms with Crippen molar-refractivity contribution >= 4 is 39.1 Å². The first-order chi connectivity index (χ1) is 13.1. The SMILES string of the molecule is CC1=[C]([Zr+2])C2C(c3ccccc3)=CC(c3cnc4ccccc4c3)=C2C1=S.[Cl-].[Cl-]. The van der Waals surface area contributed by atoms with E-state index >= 15 is 0 Å². The van der Waals surface area contributed by atoms with Gasteiger partial charge in [-0.05, 0) is 0 Å². The average Bonchev–Trinajstić information content (AvgIpc) is 3.21. The van der Waals surface area contributed by atoms with E-state index in [4.69, 9.17) is 12.2 Å². The second-order valence-corrected chi connectivity index (χ2v) is 8.74. The molecule has 1 unspecified atom stereocenters. The predicted molar refractivity (Wildman–Crippen MR) is 112 cm³/mol. The molecule has 5 rings (SSSR count). The van der Waals surface area contributed by atoms with Crippen LogP contribution < -0.4 is 24.8 Å². The molecule has 0 aliphatic heterocycles. The summed E-state index contributed by atoms with van der Waals surface area (Å²) < 4.78 is 1.46. The molecule has 0 saturated heterocycles. The minimum atomic E-state index is 0. The number of para-hydroxylation sites is 1. The largest absolute Gasteiger partial charge is 1.00 e. The molecule has 2 aliphatic rings. The maximum absolute atomic E-state index is 5.88. The van der Waals surface area contributed by atoms with Crippen molar-refractivity contribution in [1.82, 2.24) is 4.98 Å². The minimum absolute atomic E-state index is 0. The Balaban J connectivity index is 0.00000120. The fraction of sp³-hybridized carbons (Fsp3) is 0.0833. The van der Waals surface area contributed by atoms with Crippen molar-refractivity contribution in [2.45, 2.75) is 6.92 Å². The van der Waals surface area contributed by atoms with Gasteiger partial charge >= 0.3 is 180 Å². The van der Waals surface area contributed by atoms with E-state index in [9.17, 15) is 0 Å². The van der Waals surface area contributed by atoms with Gasteiger partial charge in [-0.15, -0.1) is 0 Å². The molecule has 0 spiro atoms. The van der Waals surface area contributed by atoms with Crippen molar-refractivity contribution in [2.24, 2.45) is 5.92 Å². The normalized spacial score (nSPS) is 17.8. The summed E-state index contributed by atoms with van der Waals surface area (Å²) in [6.07, 6.45) is 4.33. The molecule has 0 radical (unpaired) electrons. The smallest absolute Gasteiger partial charge is 1.00 e. The molecule has 1 aromatic heterocycles. The first kappa shape index (κ1) is 22.3. The first-order valence-corrected chi connectivity index (χ1v) is 10.6. The molecule has 5 heteroatoms. The summed E-state index contributed by atoms with van der Waals surface area (Å²) in [5, 5.41) is 1.16. The van der Waals surface area contributed by atoms with Gasteiger partial charge < -0.3 is 24.8 Å². The van der Waals surface area contributed by atoms with Crippen LogP contribution in [0.25, 0.3) is 22.0 Å². The van der Waals surface area contributed by atoms with Crippen LogP contribution in [0.3, 0.4) is 0 Å². The van der Waals surface area contributed by atoms with Gasteiger partial charge in [0.25, 0.3) is 0 Å². The molecule has 2 aromatic carbocycles. The molecule has 0 amide bonds. The third kappa shape index (κ3) is 3.64. The van der Waals surface area contributed by atoms with Crippen LogP contribution in [0.15, 0.2) is 87.4 Å². The number of nitrogens with zero attached hydrogens (tertiary/aromatic N) is 1. The standard InChI is InChI=1S/C24H16NS.2ClH.Zr/c1-15-11-21-19(16-7-3-2-4-8-16)13-20(23(21)24(15)26)18-12-17-9-5-6-10-22(17)25-14-18;;;/h2-10,12-14,21H,1H3;2*1H;/q;;;+2/p-2. The van der Waals surface area contributed by atoms with Crippen molar-refractivity contribution in [3.63, 3.8) is 0 Å². The Morgan fingerprint density at radius 1 is 0.931 bits per heavy atom. The van der Waals surface area contributed by atoms with Gasteiger partial charge in [-0.2, -0.15) is 0 Å². The fourth-order valence-corrected chi connectivity index (χ4v) is 5.66. The Hall–Kier alpha value is -1.38. The molecule has 0 fully saturated rings. The Kier molecular flexibility index (Phi) is 6.75. The molecular formula is C24H16Cl2NSZr. The van der Waals surface area contributed by atoms with Crippen LogP contribution in [0.1, 0.15) is 18.1 Å². The number of pyridine rings is 1. The number of halogens is 2. The number of rotatable bonds is 2. The molecular weight excluding hydrogens is 496 g/mol. The second kappa shape index (κ2) is 8.78. The molecule has 0 N–H and O–H groups in total. The number of thiocarbonyl (C=S) groups is 1. The Labute approximate surface area is 203 Å². The molecule has 29 heavy (non-hydrogen) atoms. The molecule has 1 atom stereocenters. The van der Waals surface area contributed by atoms with Crippen LogP contribution in [0.2, 0.25) is 0 Å². The van der Waals surface area contributed by atoms with Crippen LogP contribution in [0.5, 0.6) is 0 Å². The minimum Gasteiger partial charge on any atom is -1.00 e. The molecule has 3 aromatic rings. The van der Waals surface area contributed by atoms with Gasteiger partial charge in [0.2, 0.25) is 0 Å². The van der Waals surface area contributed by atoms with Crippen LogP contribution in [-0.2, 0) is 24.7 Å². The van der Waals surface area contributed by atoms with Crippen molar-refractivity contribution in [1.29, 1.82) is 0 Å². The number of hydrogen-bond acceptors (Lipinski definition) is 2. The van der Waals surface area contributed by atoms with Crippen LogP contribution >= 0.6 is 12.2 Å². The van der Waals surface area contributed by atoms with Gasteiger partial charge in [0, 0.05) is 0 Å². The number of allylic oxidation sites excluding steroid dienone is 6. The van der Waals surface area contributed by atoms with Crippen molar-refractivity contribution in [3.8, 4) is 0 Å². The molecule has 141 valence electrons. The second-order valence-electron chi connectivity index (χ2n) is 7.01. The van der Waals surface area contributed by atoms with E-state index in [0.29, 0.717) is 5.92 Å². The molecule has 0 saturated carbocycles. The van der Waals surface area contributed by atoms with Gasteiger partial charge in [0.1, 0.15) is 0 Å². The van der Waals surface area contributed by atoms with E-state index in [1.165, 1.54) is 55.9 Å². The Morgan fingerprint density at radius 3 is 2.38 bits per heavy atom. The predicted octanol–water partition coefficient (Wildman–Crippen LogP) is -0.0859. The van der Waals surface area contributed by atoms with E-state index in [1.54, 1.807) is 0 Å². The summed E-state index contributed by atoms with van der Waals surface area (Å²) in [5.41, 5.74) is 8.64. The van der Waals surface area contributed by atoms with E-state index in [-0.39, 0.29) is 24.8 Å². The zero-order valence-electron chi connectivity index (χ0n) is 15.6. The van der Waals surface area contributed by atoms with E-state index < -0.39 is 0 Å². The molecule has 1 nitrogen and oxygen atoms in total. The summed E-state index contributed by atoms with van der Waals surface area (Å²) in [6.45, 7) is 2.18. The van der Waals surface area contributed by atoms with Gasteiger partial charge in [-0.1, -0.05) is 0 Å². The molecule has 0 bridgehead atoms. The zero-order valence-corrected chi connectivity index (χ0v) is 20.4.